The van der Waals surface area contributed by atoms with Crippen molar-refractivity contribution in [1.82, 2.24) is 0 Å². The molecule has 1 aromatic rings. The zero-order chi connectivity index (χ0) is 15.5. The molecule has 2 rings (SSSR count). The molecule has 2 unspecified atom stereocenters. The van der Waals surface area contributed by atoms with Gasteiger partial charge in [0.25, 0.3) is 0 Å². The molecule has 1 aliphatic carbocycles. The molecule has 21 heavy (non-hydrogen) atoms. The van der Waals surface area contributed by atoms with Crippen molar-refractivity contribution in [2.75, 3.05) is 18.5 Å². The second kappa shape index (κ2) is 6.83. The second-order valence-electron chi connectivity index (χ2n) is 7.26. The molecule has 1 aliphatic rings. The van der Waals surface area contributed by atoms with E-state index in [0.29, 0.717) is 0 Å². The van der Waals surface area contributed by atoms with Crippen LogP contribution in [0.1, 0.15) is 51.5 Å². The fraction of sp³-hybridized carbons (Fsp3) is 0.684. The van der Waals surface area contributed by atoms with Crippen LogP contribution in [0.15, 0.2) is 24.3 Å². The summed E-state index contributed by atoms with van der Waals surface area (Å²) in [5.41, 5.74) is 9.01. The van der Waals surface area contributed by atoms with Crippen molar-refractivity contribution in [1.29, 1.82) is 0 Å². The number of nitrogens with two attached hydrogens (primary N) is 1. The zero-order valence-electron chi connectivity index (χ0n) is 14.2. The highest BCUT2D eigenvalue weighted by Crippen LogP contribution is 2.38. The molecule has 0 bridgehead atoms. The van der Waals surface area contributed by atoms with Gasteiger partial charge in [0, 0.05) is 19.3 Å². The first-order valence-electron chi connectivity index (χ1n) is 8.49. The van der Waals surface area contributed by atoms with E-state index in [2.05, 4.69) is 57.0 Å². The maximum atomic E-state index is 6.26. The Balaban J connectivity index is 2.18. The fourth-order valence-corrected chi connectivity index (χ4v) is 3.80. The molecular weight excluding hydrogens is 256 g/mol. The number of likely N-dealkylation sites (N-methyl/N-ethyl adjacent to an activating group) is 1. The maximum absolute atomic E-state index is 6.26. The number of hydrogen-bond donors (Lipinski definition) is 1. The lowest BCUT2D eigenvalue weighted by atomic mass is 9.85. The third-order valence-corrected chi connectivity index (χ3v) is 5.65. The Morgan fingerprint density at radius 2 is 1.86 bits per heavy atom. The number of nitrogens with zero attached hydrogens (tertiary/aromatic N) is 1. The van der Waals surface area contributed by atoms with Gasteiger partial charge in [-0.1, -0.05) is 44.4 Å². The highest BCUT2D eigenvalue weighted by molar-refractivity contribution is 5.49. The molecule has 2 N–H and O–H groups in total. The summed E-state index contributed by atoms with van der Waals surface area (Å²) < 4.78 is 0. The SMILES string of the molecule is Cc1ccc(N(C)C2(CN)CCCC(C(C)C)CC2)cc1. The third kappa shape index (κ3) is 3.60. The molecule has 2 heteroatoms. The number of benzene rings is 1. The summed E-state index contributed by atoms with van der Waals surface area (Å²) in [7, 11) is 2.23. The highest BCUT2D eigenvalue weighted by atomic mass is 15.2. The minimum atomic E-state index is 0.138. The average Bonchev–Trinajstić information content (AvgIpc) is 2.71. The average molecular weight is 288 g/mol. The van der Waals surface area contributed by atoms with E-state index >= 15 is 0 Å². The van der Waals surface area contributed by atoms with E-state index in [1.807, 2.05) is 0 Å². The Labute approximate surface area is 130 Å². The van der Waals surface area contributed by atoms with Crippen LogP contribution in [0, 0.1) is 18.8 Å². The zero-order valence-corrected chi connectivity index (χ0v) is 14.2. The normalized spacial score (nSPS) is 26.7. The van der Waals surface area contributed by atoms with Crippen LogP contribution in [0.2, 0.25) is 0 Å². The predicted molar refractivity (Wildman–Crippen MR) is 92.8 cm³/mol. The van der Waals surface area contributed by atoms with Crippen LogP contribution in [-0.4, -0.2) is 19.1 Å². The number of hydrogen-bond acceptors (Lipinski definition) is 2. The van der Waals surface area contributed by atoms with E-state index in [0.717, 1.165) is 18.4 Å². The van der Waals surface area contributed by atoms with E-state index < -0.39 is 0 Å². The molecular formula is C19H32N2. The molecule has 0 aliphatic heterocycles. The van der Waals surface area contributed by atoms with Crippen molar-refractivity contribution in [3.63, 3.8) is 0 Å². The minimum Gasteiger partial charge on any atom is -0.368 e. The summed E-state index contributed by atoms with van der Waals surface area (Å²) in [6.45, 7) is 7.62. The summed E-state index contributed by atoms with van der Waals surface area (Å²) in [6.07, 6.45) is 6.41. The standard InChI is InChI=1S/C19H32N2/c1-15(2)17-6-5-12-19(14-20,13-11-17)21(4)18-9-7-16(3)8-10-18/h7-10,15,17H,5-6,11-14,20H2,1-4H3. The van der Waals surface area contributed by atoms with Gasteiger partial charge in [0.2, 0.25) is 0 Å². The first kappa shape index (κ1) is 16.4. The Morgan fingerprint density at radius 1 is 1.19 bits per heavy atom. The van der Waals surface area contributed by atoms with Crippen LogP contribution in [-0.2, 0) is 0 Å². The van der Waals surface area contributed by atoms with Crippen LogP contribution >= 0.6 is 0 Å². The molecule has 1 saturated carbocycles. The lowest BCUT2D eigenvalue weighted by Gasteiger charge is -2.42. The summed E-state index contributed by atoms with van der Waals surface area (Å²) >= 11 is 0. The van der Waals surface area contributed by atoms with Crippen molar-refractivity contribution < 1.29 is 0 Å². The molecule has 0 spiro atoms. The van der Waals surface area contributed by atoms with Gasteiger partial charge in [-0.2, -0.15) is 0 Å². The number of anilines is 1. The van der Waals surface area contributed by atoms with Crippen molar-refractivity contribution >= 4 is 5.69 Å². The molecule has 0 aromatic heterocycles. The molecule has 2 nitrogen and oxygen atoms in total. The minimum absolute atomic E-state index is 0.138. The molecule has 0 saturated heterocycles. The van der Waals surface area contributed by atoms with Crippen molar-refractivity contribution in [3.05, 3.63) is 29.8 Å². The van der Waals surface area contributed by atoms with E-state index in [4.69, 9.17) is 5.73 Å². The van der Waals surface area contributed by atoms with Crippen molar-refractivity contribution in [3.8, 4) is 0 Å². The third-order valence-electron chi connectivity index (χ3n) is 5.65. The van der Waals surface area contributed by atoms with Gasteiger partial charge in [0.05, 0.1) is 5.54 Å². The van der Waals surface area contributed by atoms with E-state index in [1.165, 1.54) is 43.4 Å². The van der Waals surface area contributed by atoms with Gasteiger partial charge in [-0.05, 0) is 50.2 Å². The van der Waals surface area contributed by atoms with Crippen LogP contribution < -0.4 is 10.6 Å². The summed E-state index contributed by atoms with van der Waals surface area (Å²) in [6, 6.07) is 8.86. The van der Waals surface area contributed by atoms with Gasteiger partial charge in [0.15, 0.2) is 0 Å². The Bertz CT molecular complexity index is 437. The summed E-state index contributed by atoms with van der Waals surface area (Å²) in [4.78, 5) is 2.45. The van der Waals surface area contributed by atoms with E-state index in [9.17, 15) is 0 Å². The number of rotatable bonds is 4. The molecule has 0 heterocycles. The molecule has 0 amide bonds. The second-order valence-corrected chi connectivity index (χ2v) is 7.26. The maximum Gasteiger partial charge on any atom is 0.0521 e. The smallest absolute Gasteiger partial charge is 0.0521 e. The lowest BCUT2D eigenvalue weighted by molar-refractivity contribution is 0.320. The Kier molecular flexibility index (Phi) is 5.32. The van der Waals surface area contributed by atoms with Crippen LogP contribution in [0.3, 0.4) is 0 Å². The Hall–Kier alpha value is -1.02. The predicted octanol–water partition coefficient (Wildman–Crippen LogP) is 4.37. The van der Waals surface area contributed by atoms with Crippen molar-refractivity contribution in [2.45, 2.75) is 58.4 Å². The fourth-order valence-electron chi connectivity index (χ4n) is 3.80. The topological polar surface area (TPSA) is 29.3 Å². The lowest BCUT2D eigenvalue weighted by Crippen LogP contribution is -2.52. The molecule has 2 atom stereocenters. The van der Waals surface area contributed by atoms with Crippen LogP contribution in [0.5, 0.6) is 0 Å². The van der Waals surface area contributed by atoms with Gasteiger partial charge in [-0.25, -0.2) is 0 Å². The van der Waals surface area contributed by atoms with Gasteiger partial charge in [-0.3, -0.25) is 0 Å². The van der Waals surface area contributed by atoms with Gasteiger partial charge < -0.3 is 10.6 Å². The van der Waals surface area contributed by atoms with E-state index in [1.54, 1.807) is 0 Å². The quantitative estimate of drug-likeness (QED) is 0.834. The summed E-state index contributed by atoms with van der Waals surface area (Å²) in [5, 5.41) is 0. The summed E-state index contributed by atoms with van der Waals surface area (Å²) in [5.74, 6) is 1.66. The molecule has 1 fully saturated rings. The van der Waals surface area contributed by atoms with Gasteiger partial charge in [-0.15, -0.1) is 0 Å². The van der Waals surface area contributed by atoms with Gasteiger partial charge >= 0.3 is 0 Å². The monoisotopic (exact) mass is 288 g/mol. The molecule has 1 aromatic carbocycles. The first-order chi connectivity index (χ1) is 9.98. The van der Waals surface area contributed by atoms with Crippen LogP contribution in [0.4, 0.5) is 5.69 Å². The molecule has 0 radical (unpaired) electrons. The van der Waals surface area contributed by atoms with E-state index in [-0.39, 0.29) is 5.54 Å². The largest absolute Gasteiger partial charge is 0.368 e. The first-order valence-corrected chi connectivity index (χ1v) is 8.49. The van der Waals surface area contributed by atoms with Gasteiger partial charge in [0.1, 0.15) is 0 Å². The molecule has 118 valence electrons. The number of aryl methyl sites for hydroxylation is 1. The highest BCUT2D eigenvalue weighted by Gasteiger charge is 2.36. The van der Waals surface area contributed by atoms with Crippen molar-refractivity contribution in [2.24, 2.45) is 17.6 Å². The Morgan fingerprint density at radius 3 is 2.43 bits per heavy atom. The van der Waals surface area contributed by atoms with Crippen LogP contribution in [0.25, 0.3) is 0 Å².